The number of hydrogen-bond acceptors (Lipinski definition) is 8. The van der Waals surface area contributed by atoms with Crippen LogP contribution in [0.2, 0.25) is 0 Å². The van der Waals surface area contributed by atoms with Crippen molar-refractivity contribution < 1.29 is 38.5 Å². The van der Waals surface area contributed by atoms with Gasteiger partial charge in [-0.05, 0) is 67.6 Å². The molecule has 3 aromatic carbocycles. The molecule has 10 heteroatoms. The van der Waals surface area contributed by atoms with Crippen LogP contribution in [0, 0.1) is 5.92 Å². The van der Waals surface area contributed by atoms with Gasteiger partial charge in [-0.1, -0.05) is 62.0 Å². The van der Waals surface area contributed by atoms with E-state index in [-0.39, 0.29) is 57.2 Å². The maximum atomic E-state index is 13.8. The van der Waals surface area contributed by atoms with E-state index in [1.165, 1.54) is 19.1 Å². The molecule has 4 atom stereocenters. The number of ketones is 2. The average Bonchev–Trinajstić information content (AvgIpc) is 3.79. The van der Waals surface area contributed by atoms with Gasteiger partial charge >= 0.3 is 6.09 Å². The molecule has 3 N–H and O–H groups in total. The molecule has 0 aliphatic carbocycles. The highest BCUT2D eigenvalue weighted by Crippen LogP contribution is 2.29. The lowest BCUT2D eigenvalue weighted by atomic mass is 9.89. The van der Waals surface area contributed by atoms with Crippen molar-refractivity contribution in [1.82, 2.24) is 10.6 Å². The molecule has 10 nitrogen and oxygen atoms in total. The molecule has 1 heterocycles. The SMILES string of the molecule is C.COc1ccc(C[C@H](CC(=O)[C@@H](C)NC(=O)OCc2ccccc2)C(=O)N[C@@H](Cc2ccc(O)cc2)C(=O)[C@@]2(C)CO2)cc1. The lowest BCUT2D eigenvalue weighted by Gasteiger charge is -2.24. The second-order valence-corrected chi connectivity index (χ2v) is 11.2. The van der Waals surface area contributed by atoms with Gasteiger partial charge < -0.3 is 30.0 Å². The van der Waals surface area contributed by atoms with Gasteiger partial charge in [0, 0.05) is 12.3 Å². The van der Waals surface area contributed by atoms with E-state index in [4.69, 9.17) is 14.2 Å². The minimum atomic E-state index is -0.991. The Kier molecular flexibility index (Phi) is 12.3. The Labute approximate surface area is 264 Å². The molecular formula is C35H42N2O8. The minimum absolute atomic E-state index is 0. The van der Waals surface area contributed by atoms with Crippen LogP contribution >= 0.6 is 0 Å². The molecule has 2 amide bonds. The Morgan fingerprint density at radius 3 is 2.09 bits per heavy atom. The summed E-state index contributed by atoms with van der Waals surface area (Å²) in [5, 5.41) is 15.1. The second-order valence-electron chi connectivity index (χ2n) is 11.2. The Balaban J connectivity index is 0.00000552. The van der Waals surface area contributed by atoms with Crippen molar-refractivity contribution in [3.8, 4) is 11.5 Å². The minimum Gasteiger partial charge on any atom is -0.508 e. The number of benzene rings is 3. The van der Waals surface area contributed by atoms with Crippen molar-refractivity contribution in [3.63, 3.8) is 0 Å². The Morgan fingerprint density at radius 1 is 0.889 bits per heavy atom. The number of nitrogens with one attached hydrogen (secondary N) is 2. The van der Waals surface area contributed by atoms with Crippen LogP contribution in [-0.2, 0) is 43.3 Å². The summed E-state index contributed by atoms with van der Waals surface area (Å²) in [6.45, 7) is 3.52. The van der Waals surface area contributed by atoms with Crippen LogP contribution in [0.4, 0.5) is 4.79 Å². The molecule has 0 spiro atoms. The maximum Gasteiger partial charge on any atom is 0.408 e. The number of hydrogen-bond donors (Lipinski definition) is 3. The topological polar surface area (TPSA) is 144 Å². The highest BCUT2D eigenvalue weighted by atomic mass is 16.6. The molecule has 240 valence electrons. The van der Waals surface area contributed by atoms with Crippen LogP contribution in [0.25, 0.3) is 0 Å². The first-order chi connectivity index (χ1) is 21.1. The first-order valence-corrected chi connectivity index (χ1v) is 14.5. The normalized spacial score (nSPS) is 17.0. The molecular weight excluding hydrogens is 576 g/mol. The zero-order valence-electron chi connectivity index (χ0n) is 25.1. The van der Waals surface area contributed by atoms with E-state index in [0.29, 0.717) is 5.75 Å². The molecule has 1 aliphatic heterocycles. The largest absolute Gasteiger partial charge is 0.508 e. The summed E-state index contributed by atoms with van der Waals surface area (Å²) in [6.07, 6.45) is -0.548. The fourth-order valence-electron chi connectivity index (χ4n) is 4.73. The van der Waals surface area contributed by atoms with Crippen molar-refractivity contribution in [2.45, 2.75) is 64.8 Å². The summed E-state index contributed by atoms with van der Waals surface area (Å²) >= 11 is 0. The number of alkyl carbamates (subject to hydrolysis) is 1. The molecule has 1 aliphatic rings. The standard InChI is InChI=1S/C34H38N2O8.CH4/c1-22(35-33(41)43-20-25-7-5-4-6-8-25)30(38)19-26(17-23-11-15-28(42-3)16-12-23)32(40)36-29(31(39)34(2)21-44-34)18-24-9-13-27(37)14-10-24;/h4-16,22,26,29,37H,17-21H2,1-3H3,(H,35,41)(H,36,40);1H4/t22-,26-,29+,34-;/m1./s1. The highest BCUT2D eigenvalue weighted by molar-refractivity contribution is 5.98. The Morgan fingerprint density at radius 2 is 1.49 bits per heavy atom. The number of methoxy groups -OCH3 is 1. The number of phenols is 1. The van der Waals surface area contributed by atoms with Crippen LogP contribution in [0.5, 0.6) is 11.5 Å². The number of ether oxygens (including phenoxy) is 3. The number of rotatable bonds is 15. The van der Waals surface area contributed by atoms with E-state index in [1.807, 2.05) is 42.5 Å². The average molecular weight is 619 g/mol. The summed E-state index contributed by atoms with van der Waals surface area (Å²) in [5.74, 6) is -1.23. The lowest BCUT2D eigenvalue weighted by Crippen LogP contribution is -2.50. The third-order valence-electron chi connectivity index (χ3n) is 7.60. The van der Waals surface area contributed by atoms with E-state index in [1.54, 1.807) is 38.3 Å². The fourth-order valence-corrected chi connectivity index (χ4v) is 4.73. The Bertz CT molecular complexity index is 1440. The summed E-state index contributed by atoms with van der Waals surface area (Å²) in [7, 11) is 1.55. The van der Waals surface area contributed by atoms with E-state index >= 15 is 0 Å². The number of epoxide rings is 1. The van der Waals surface area contributed by atoms with Gasteiger partial charge in [-0.25, -0.2) is 4.79 Å². The number of Topliss-reactive ketones (excluding diaryl/α,β-unsaturated/α-hetero) is 2. The maximum absolute atomic E-state index is 13.8. The predicted octanol–water partition coefficient (Wildman–Crippen LogP) is 4.56. The van der Waals surface area contributed by atoms with Crippen molar-refractivity contribution in [2.24, 2.45) is 5.92 Å². The second kappa shape index (κ2) is 15.9. The van der Waals surface area contributed by atoms with E-state index in [0.717, 1.165) is 16.7 Å². The zero-order valence-corrected chi connectivity index (χ0v) is 25.1. The molecule has 45 heavy (non-hydrogen) atoms. The number of aromatic hydroxyl groups is 1. The highest BCUT2D eigenvalue weighted by Gasteiger charge is 2.50. The van der Waals surface area contributed by atoms with Gasteiger partial charge in [0.15, 0.2) is 11.6 Å². The smallest absolute Gasteiger partial charge is 0.408 e. The van der Waals surface area contributed by atoms with Crippen LogP contribution in [0.15, 0.2) is 78.9 Å². The first kappa shape index (κ1) is 34.8. The van der Waals surface area contributed by atoms with Gasteiger partial charge in [0.25, 0.3) is 0 Å². The van der Waals surface area contributed by atoms with E-state index < -0.39 is 35.6 Å². The van der Waals surface area contributed by atoms with Crippen molar-refractivity contribution in [2.75, 3.05) is 13.7 Å². The molecule has 0 radical (unpaired) electrons. The molecule has 3 aromatic rings. The van der Waals surface area contributed by atoms with Crippen LogP contribution < -0.4 is 15.4 Å². The molecule has 0 unspecified atom stereocenters. The van der Waals surface area contributed by atoms with Crippen molar-refractivity contribution in [1.29, 1.82) is 0 Å². The predicted molar refractivity (Wildman–Crippen MR) is 169 cm³/mol. The molecule has 4 rings (SSSR count). The van der Waals surface area contributed by atoms with Crippen LogP contribution in [-0.4, -0.2) is 60.1 Å². The quantitative estimate of drug-likeness (QED) is 0.211. The lowest BCUT2D eigenvalue weighted by molar-refractivity contribution is -0.134. The monoisotopic (exact) mass is 618 g/mol. The van der Waals surface area contributed by atoms with Crippen molar-refractivity contribution >= 4 is 23.6 Å². The summed E-state index contributed by atoms with van der Waals surface area (Å²) in [6, 6.07) is 20.9. The summed E-state index contributed by atoms with van der Waals surface area (Å²) in [5.41, 5.74) is 1.34. The van der Waals surface area contributed by atoms with Crippen molar-refractivity contribution in [3.05, 3.63) is 95.6 Å². The molecule has 0 saturated carbocycles. The summed E-state index contributed by atoms with van der Waals surface area (Å²) < 4.78 is 15.9. The fraction of sp³-hybridized carbons (Fsp3) is 0.371. The first-order valence-electron chi connectivity index (χ1n) is 14.5. The third-order valence-corrected chi connectivity index (χ3v) is 7.60. The van der Waals surface area contributed by atoms with Gasteiger partial charge in [-0.3, -0.25) is 14.4 Å². The van der Waals surface area contributed by atoms with Gasteiger partial charge in [-0.15, -0.1) is 0 Å². The van der Waals surface area contributed by atoms with Gasteiger partial charge in [-0.2, -0.15) is 0 Å². The summed E-state index contributed by atoms with van der Waals surface area (Å²) in [4.78, 5) is 52.8. The molecule has 1 saturated heterocycles. The van der Waals surface area contributed by atoms with Gasteiger partial charge in [0.2, 0.25) is 5.91 Å². The van der Waals surface area contributed by atoms with Crippen LogP contribution in [0.3, 0.4) is 0 Å². The third kappa shape index (κ3) is 10.2. The zero-order chi connectivity index (χ0) is 31.7. The van der Waals surface area contributed by atoms with Gasteiger partial charge in [0.1, 0.15) is 23.7 Å². The number of carbonyl (C=O) groups excluding carboxylic acids is 4. The number of carbonyl (C=O) groups is 4. The molecule has 0 bridgehead atoms. The molecule has 1 fully saturated rings. The Hall–Kier alpha value is -4.70. The number of phenolic OH excluding ortho intramolecular Hbond substituents is 1. The van der Waals surface area contributed by atoms with Gasteiger partial charge in [0.05, 0.1) is 25.8 Å². The van der Waals surface area contributed by atoms with E-state index in [9.17, 15) is 24.3 Å². The van der Waals surface area contributed by atoms with E-state index in [2.05, 4.69) is 10.6 Å². The number of amides is 2. The molecule has 0 aromatic heterocycles. The van der Waals surface area contributed by atoms with Crippen LogP contribution in [0.1, 0.15) is 44.4 Å².